The van der Waals surface area contributed by atoms with Gasteiger partial charge in [-0.15, -0.1) is 0 Å². The Balaban J connectivity index is 1.97. The van der Waals surface area contributed by atoms with Gasteiger partial charge in [0.25, 0.3) is 5.91 Å². The molecule has 0 aromatic rings. The number of rotatable bonds is 2. The Labute approximate surface area is 102 Å². The molecule has 2 rings (SSSR count). The Hall–Kier alpha value is -1.96. The van der Waals surface area contributed by atoms with Crippen LogP contribution in [0.2, 0.25) is 0 Å². The first-order valence-electron chi connectivity index (χ1n) is 5.47. The number of aliphatic carboxylic acids is 1. The zero-order valence-electron chi connectivity index (χ0n) is 9.42. The summed E-state index contributed by atoms with van der Waals surface area (Å²) in [6.45, 7) is -0.412. The molecule has 18 heavy (non-hydrogen) atoms. The molecule has 0 spiro atoms. The van der Waals surface area contributed by atoms with Crippen LogP contribution in [0.5, 0.6) is 0 Å². The quantitative estimate of drug-likeness (QED) is 0.558. The minimum Gasteiger partial charge on any atom is -0.479 e. The highest BCUT2D eigenvalue weighted by Crippen LogP contribution is 2.21. The highest BCUT2D eigenvalue weighted by atomic mass is 16.5. The van der Waals surface area contributed by atoms with E-state index in [2.05, 4.69) is 5.32 Å². The summed E-state index contributed by atoms with van der Waals surface area (Å²) in [7, 11) is 0. The second-order valence-corrected chi connectivity index (χ2v) is 4.19. The molecule has 2 atom stereocenters. The largest absolute Gasteiger partial charge is 0.479 e. The minimum atomic E-state index is -1.11. The number of carbonyl (C=O) groups is 4. The number of imide groups is 1. The predicted molar refractivity (Wildman–Crippen MR) is 55.3 cm³/mol. The first-order chi connectivity index (χ1) is 8.47. The van der Waals surface area contributed by atoms with Crippen LogP contribution in [-0.2, 0) is 23.9 Å². The fourth-order valence-corrected chi connectivity index (χ4v) is 2.00. The monoisotopic (exact) mass is 256 g/mol. The molecule has 0 bridgehead atoms. The van der Waals surface area contributed by atoms with Crippen molar-refractivity contribution in [3.8, 4) is 0 Å². The molecule has 8 nitrogen and oxygen atoms in total. The van der Waals surface area contributed by atoms with Crippen molar-refractivity contribution in [2.75, 3.05) is 13.1 Å². The molecule has 2 aliphatic heterocycles. The highest BCUT2D eigenvalue weighted by Gasteiger charge is 2.38. The van der Waals surface area contributed by atoms with Crippen LogP contribution in [0.1, 0.15) is 12.8 Å². The number of hydrogen-bond donors (Lipinski definition) is 2. The summed E-state index contributed by atoms with van der Waals surface area (Å²) < 4.78 is 5.07. The molecule has 2 heterocycles. The maximum absolute atomic E-state index is 11.9. The summed E-state index contributed by atoms with van der Waals surface area (Å²) in [5, 5.41) is 10.8. The van der Waals surface area contributed by atoms with Crippen LogP contribution in [0, 0.1) is 0 Å². The SMILES string of the molecule is O=C1CN(C(=O)C2CCC(C(=O)O)O2)CC(=O)N1. The lowest BCUT2D eigenvalue weighted by atomic mass is 10.1. The van der Waals surface area contributed by atoms with Gasteiger partial charge in [0.2, 0.25) is 11.8 Å². The third-order valence-corrected chi connectivity index (χ3v) is 2.83. The van der Waals surface area contributed by atoms with Crippen molar-refractivity contribution in [2.24, 2.45) is 0 Å². The number of amides is 3. The Kier molecular flexibility index (Phi) is 3.28. The third-order valence-electron chi connectivity index (χ3n) is 2.83. The smallest absolute Gasteiger partial charge is 0.332 e. The number of hydrogen-bond acceptors (Lipinski definition) is 5. The van der Waals surface area contributed by atoms with E-state index in [0.29, 0.717) is 0 Å². The van der Waals surface area contributed by atoms with Crippen LogP contribution in [-0.4, -0.2) is 59.0 Å². The average molecular weight is 256 g/mol. The number of piperazine rings is 1. The Morgan fingerprint density at radius 1 is 1.17 bits per heavy atom. The van der Waals surface area contributed by atoms with Crippen LogP contribution in [0.3, 0.4) is 0 Å². The molecular formula is C10H12N2O6. The number of carboxylic acids is 1. The van der Waals surface area contributed by atoms with Crippen LogP contribution < -0.4 is 5.32 Å². The van der Waals surface area contributed by atoms with Gasteiger partial charge < -0.3 is 14.7 Å². The lowest BCUT2D eigenvalue weighted by Crippen LogP contribution is -2.55. The van der Waals surface area contributed by atoms with E-state index in [0.717, 1.165) is 4.90 Å². The Bertz CT molecular complexity index is 405. The van der Waals surface area contributed by atoms with E-state index in [1.807, 2.05) is 0 Å². The van der Waals surface area contributed by atoms with Crippen molar-refractivity contribution in [3.05, 3.63) is 0 Å². The summed E-state index contributed by atoms with van der Waals surface area (Å²) in [6, 6.07) is 0. The lowest BCUT2D eigenvalue weighted by Gasteiger charge is -2.27. The first-order valence-corrected chi connectivity index (χ1v) is 5.47. The first kappa shape index (κ1) is 12.5. The normalized spacial score (nSPS) is 28.1. The van der Waals surface area contributed by atoms with Crippen molar-refractivity contribution < 1.29 is 29.0 Å². The zero-order chi connectivity index (χ0) is 13.3. The number of ether oxygens (including phenoxy) is 1. The molecule has 98 valence electrons. The van der Waals surface area contributed by atoms with Gasteiger partial charge in [-0.3, -0.25) is 19.7 Å². The summed E-state index contributed by atoms with van der Waals surface area (Å²) in [5.41, 5.74) is 0. The summed E-state index contributed by atoms with van der Waals surface area (Å²) in [6.07, 6.45) is -1.35. The van der Waals surface area contributed by atoms with Crippen LogP contribution in [0.15, 0.2) is 0 Å². The summed E-state index contributed by atoms with van der Waals surface area (Å²) >= 11 is 0. The number of carbonyl (C=O) groups excluding carboxylic acids is 3. The molecule has 2 unspecified atom stereocenters. The molecule has 0 saturated carbocycles. The molecule has 3 amide bonds. The third kappa shape index (κ3) is 2.48. The Morgan fingerprint density at radius 3 is 2.22 bits per heavy atom. The molecule has 8 heteroatoms. The summed E-state index contributed by atoms with van der Waals surface area (Å²) in [5.74, 6) is -2.72. The molecule has 2 aliphatic rings. The van der Waals surface area contributed by atoms with E-state index >= 15 is 0 Å². The van der Waals surface area contributed by atoms with Gasteiger partial charge in [-0.1, -0.05) is 0 Å². The van der Waals surface area contributed by atoms with Crippen molar-refractivity contribution in [1.82, 2.24) is 10.2 Å². The second kappa shape index (κ2) is 4.73. The molecule has 0 aliphatic carbocycles. The number of nitrogens with one attached hydrogen (secondary N) is 1. The van der Waals surface area contributed by atoms with Gasteiger partial charge in [0.05, 0.1) is 0 Å². The van der Waals surface area contributed by atoms with Gasteiger partial charge in [0.1, 0.15) is 19.2 Å². The van der Waals surface area contributed by atoms with Gasteiger partial charge in [0.15, 0.2) is 6.10 Å². The van der Waals surface area contributed by atoms with Crippen molar-refractivity contribution in [2.45, 2.75) is 25.0 Å². The second-order valence-electron chi connectivity index (χ2n) is 4.19. The predicted octanol–water partition coefficient (Wildman–Crippen LogP) is -1.90. The standard InChI is InChI=1S/C10H12N2O6/c13-7-3-12(4-8(14)11-7)9(15)5-1-2-6(18-5)10(16)17/h5-6H,1-4H2,(H,16,17)(H,11,13,14). The van der Waals surface area contributed by atoms with Gasteiger partial charge in [0, 0.05) is 0 Å². The molecule has 2 fully saturated rings. The molecule has 0 radical (unpaired) electrons. The van der Waals surface area contributed by atoms with Gasteiger partial charge in [-0.25, -0.2) is 4.79 Å². The van der Waals surface area contributed by atoms with Crippen LogP contribution in [0.4, 0.5) is 0 Å². The van der Waals surface area contributed by atoms with E-state index in [4.69, 9.17) is 9.84 Å². The van der Waals surface area contributed by atoms with E-state index in [9.17, 15) is 19.2 Å². The van der Waals surface area contributed by atoms with Crippen LogP contribution in [0.25, 0.3) is 0 Å². The molecule has 0 aromatic carbocycles. The van der Waals surface area contributed by atoms with Crippen molar-refractivity contribution in [3.63, 3.8) is 0 Å². The maximum Gasteiger partial charge on any atom is 0.332 e. The zero-order valence-corrected chi connectivity index (χ0v) is 9.42. The minimum absolute atomic E-state index is 0.206. The molecular weight excluding hydrogens is 244 g/mol. The van der Waals surface area contributed by atoms with Gasteiger partial charge >= 0.3 is 5.97 Å². The average Bonchev–Trinajstić information content (AvgIpc) is 2.75. The fraction of sp³-hybridized carbons (Fsp3) is 0.600. The van der Waals surface area contributed by atoms with Crippen molar-refractivity contribution in [1.29, 1.82) is 0 Å². The van der Waals surface area contributed by atoms with E-state index < -0.39 is 35.9 Å². The number of carboxylic acid groups (broad SMARTS) is 1. The Morgan fingerprint density at radius 2 is 1.72 bits per heavy atom. The molecule has 2 saturated heterocycles. The topological polar surface area (TPSA) is 113 Å². The van der Waals surface area contributed by atoms with E-state index in [1.165, 1.54) is 0 Å². The lowest BCUT2D eigenvalue weighted by molar-refractivity contribution is -0.158. The van der Waals surface area contributed by atoms with Crippen molar-refractivity contribution >= 4 is 23.7 Å². The number of nitrogens with zero attached hydrogens (tertiary/aromatic N) is 1. The molecule has 0 aromatic heterocycles. The van der Waals surface area contributed by atoms with E-state index in [1.54, 1.807) is 0 Å². The van der Waals surface area contributed by atoms with Gasteiger partial charge in [-0.2, -0.15) is 0 Å². The fourth-order valence-electron chi connectivity index (χ4n) is 2.00. The maximum atomic E-state index is 11.9. The highest BCUT2D eigenvalue weighted by molar-refractivity contribution is 6.03. The van der Waals surface area contributed by atoms with Gasteiger partial charge in [-0.05, 0) is 12.8 Å². The van der Waals surface area contributed by atoms with E-state index in [-0.39, 0.29) is 25.9 Å². The summed E-state index contributed by atoms with van der Waals surface area (Å²) in [4.78, 5) is 45.9. The molecule has 2 N–H and O–H groups in total. The van der Waals surface area contributed by atoms with Crippen LogP contribution >= 0.6 is 0 Å².